The molecule has 0 radical (unpaired) electrons. The molecule has 0 aromatic heterocycles. The monoisotopic (exact) mass is 324 g/mol. The molecule has 0 heterocycles. The lowest BCUT2D eigenvalue weighted by Gasteiger charge is -2.07. The van der Waals surface area contributed by atoms with Gasteiger partial charge >= 0.3 is 0 Å². The van der Waals surface area contributed by atoms with Crippen molar-refractivity contribution >= 4 is 16.2 Å². The van der Waals surface area contributed by atoms with Crippen molar-refractivity contribution in [2.24, 2.45) is 5.10 Å². The zero-order valence-electron chi connectivity index (χ0n) is 12.0. The number of nitrogens with zero attached hydrogens (tertiary/aromatic N) is 1. The average Bonchev–Trinajstić information content (AvgIpc) is 2.44. The first-order valence-electron chi connectivity index (χ1n) is 6.37. The van der Waals surface area contributed by atoms with Gasteiger partial charge in [0.25, 0.3) is 10.0 Å². The summed E-state index contributed by atoms with van der Waals surface area (Å²) < 4.78 is 51.1. The molecule has 2 aromatic rings. The Balaban J connectivity index is 2.27. The van der Waals surface area contributed by atoms with E-state index in [1.807, 2.05) is 4.83 Å². The summed E-state index contributed by atoms with van der Waals surface area (Å²) in [6.45, 7) is 3.41. The van der Waals surface area contributed by atoms with E-state index in [9.17, 15) is 17.2 Å². The summed E-state index contributed by atoms with van der Waals surface area (Å²) in [7, 11) is -3.90. The minimum absolute atomic E-state index is 0.0682. The highest BCUT2D eigenvalue weighted by molar-refractivity contribution is 7.89. The molecule has 0 amide bonds. The highest BCUT2D eigenvalue weighted by atomic mass is 32.2. The summed E-state index contributed by atoms with van der Waals surface area (Å²) in [4.78, 5) is 2.02. The summed E-state index contributed by atoms with van der Waals surface area (Å²) in [5.74, 6) is -1.65. The first kappa shape index (κ1) is 16.1. The molecule has 0 spiro atoms. The smallest absolute Gasteiger partial charge is 0.206 e. The number of hydrogen-bond acceptors (Lipinski definition) is 3. The van der Waals surface area contributed by atoms with E-state index in [0.29, 0.717) is 5.56 Å². The van der Waals surface area contributed by atoms with Gasteiger partial charge in [-0.05, 0) is 43.2 Å². The van der Waals surface area contributed by atoms with Crippen LogP contribution >= 0.6 is 0 Å². The van der Waals surface area contributed by atoms with E-state index in [1.165, 1.54) is 12.1 Å². The molecule has 0 aliphatic rings. The van der Waals surface area contributed by atoms with E-state index < -0.39 is 27.2 Å². The molecule has 22 heavy (non-hydrogen) atoms. The van der Waals surface area contributed by atoms with Crippen molar-refractivity contribution in [3.8, 4) is 0 Å². The predicted molar refractivity (Wildman–Crippen MR) is 80.2 cm³/mol. The molecule has 2 aromatic carbocycles. The van der Waals surface area contributed by atoms with Gasteiger partial charge in [-0.1, -0.05) is 18.2 Å². The molecule has 0 saturated heterocycles. The molecule has 0 bridgehead atoms. The summed E-state index contributed by atoms with van der Waals surface area (Å²) in [5.41, 5.74) is 0.909. The van der Waals surface area contributed by atoms with Crippen molar-refractivity contribution in [1.29, 1.82) is 0 Å². The Hall–Kier alpha value is -2.28. The first-order valence-corrected chi connectivity index (χ1v) is 7.86. The van der Waals surface area contributed by atoms with Gasteiger partial charge in [0.2, 0.25) is 0 Å². The van der Waals surface area contributed by atoms with Crippen LogP contribution in [-0.4, -0.2) is 14.6 Å². The number of rotatable bonds is 4. The maximum atomic E-state index is 13.4. The Morgan fingerprint density at radius 1 is 1.09 bits per heavy atom. The topological polar surface area (TPSA) is 58.5 Å². The van der Waals surface area contributed by atoms with E-state index in [4.69, 9.17) is 0 Å². The normalized spacial score (nSPS) is 11.8. The lowest BCUT2D eigenvalue weighted by Crippen LogP contribution is -2.19. The SMILES string of the molecule is Cc1ccc(C)c(S(=O)(=O)N/N=C/c2c(F)cccc2F)c1. The van der Waals surface area contributed by atoms with Crippen LogP contribution in [0.25, 0.3) is 0 Å². The third-order valence-corrected chi connectivity index (χ3v) is 4.36. The molecule has 0 aliphatic carbocycles. The van der Waals surface area contributed by atoms with Crippen molar-refractivity contribution in [3.63, 3.8) is 0 Å². The Labute approximate surface area is 127 Å². The molecule has 116 valence electrons. The van der Waals surface area contributed by atoms with Gasteiger partial charge in [0.05, 0.1) is 16.7 Å². The fourth-order valence-corrected chi connectivity index (χ4v) is 2.96. The summed E-state index contributed by atoms with van der Waals surface area (Å²) in [5, 5.41) is 3.44. The second kappa shape index (κ2) is 6.23. The van der Waals surface area contributed by atoms with Gasteiger partial charge in [-0.3, -0.25) is 0 Å². The second-order valence-electron chi connectivity index (χ2n) is 4.76. The maximum absolute atomic E-state index is 13.4. The standard InChI is InChI=1S/C15H14F2N2O2S/c1-10-6-7-11(2)15(8-10)22(20,21)19-18-9-12-13(16)4-3-5-14(12)17/h3-9,19H,1-2H3/b18-9+. The van der Waals surface area contributed by atoms with E-state index in [0.717, 1.165) is 23.9 Å². The zero-order valence-corrected chi connectivity index (χ0v) is 12.8. The number of hydrazone groups is 1. The van der Waals surface area contributed by atoms with Gasteiger partial charge < -0.3 is 0 Å². The van der Waals surface area contributed by atoms with Crippen LogP contribution in [0.2, 0.25) is 0 Å². The molecule has 1 N–H and O–H groups in total. The third-order valence-electron chi connectivity index (χ3n) is 3.00. The van der Waals surface area contributed by atoms with Crippen LogP contribution in [-0.2, 0) is 10.0 Å². The minimum Gasteiger partial charge on any atom is -0.206 e. The zero-order chi connectivity index (χ0) is 16.3. The quantitative estimate of drug-likeness (QED) is 0.694. The number of hydrogen-bond donors (Lipinski definition) is 1. The Morgan fingerprint density at radius 3 is 2.36 bits per heavy atom. The van der Waals surface area contributed by atoms with Gasteiger partial charge in [-0.2, -0.15) is 13.5 Å². The van der Waals surface area contributed by atoms with Crippen LogP contribution in [0.5, 0.6) is 0 Å². The van der Waals surface area contributed by atoms with Gasteiger partial charge in [0.1, 0.15) is 11.6 Å². The maximum Gasteiger partial charge on any atom is 0.276 e. The number of benzene rings is 2. The summed E-state index contributed by atoms with van der Waals surface area (Å²) >= 11 is 0. The van der Waals surface area contributed by atoms with Crippen LogP contribution in [0.1, 0.15) is 16.7 Å². The molecule has 2 rings (SSSR count). The molecule has 0 fully saturated rings. The molecular weight excluding hydrogens is 310 g/mol. The van der Waals surface area contributed by atoms with E-state index in [1.54, 1.807) is 26.0 Å². The van der Waals surface area contributed by atoms with Crippen molar-refractivity contribution in [2.75, 3.05) is 0 Å². The highest BCUT2D eigenvalue weighted by Crippen LogP contribution is 2.16. The Bertz CT molecular complexity index is 813. The van der Waals surface area contributed by atoms with Crippen molar-refractivity contribution < 1.29 is 17.2 Å². The largest absolute Gasteiger partial charge is 0.276 e. The molecular formula is C15H14F2N2O2S. The minimum atomic E-state index is -3.90. The van der Waals surface area contributed by atoms with Gasteiger partial charge in [-0.25, -0.2) is 13.6 Å². The van der Waals surface area contributed by atoms with Gasteiger partial charge in [-0.15, -0.1) is 0 Å². The van der Waals surface area contributed by atoms with Gasteiger partial charge in [0.15, 0.2) is 0 Å². The fraction of sp³-hybridized carbons (Fsp3) is 0.133. The molecule has 4 nitrogen and oxygen atoms in total. The fourth-order valence-electron chi connectivity index (χ4n) is 1.84. The van der Waals surface area contributed by atoms with E-state index in [-0.39, 0.29) is 4.90 Å². The number of halogens is 2. The Morgan fingerprint density at radius 2 is 1.73 bits per heavy atom. The lowest BCUT2D eigenvalue weighted by atomic mass is 10.2. The number of sulfonamides is 1. The van der Waals surface area contributed by atoms with Crippen molar-refractivity contribution in [3.05, 3.63) is 64.7 Å². The average molecular weight is 324 g/mol. The van der Waals surface area contributed by atoms with Crippen LogP contribution in [0, 0.1) is 25.5 Å². The van der Waals surface area contributed by atoms with Crippen LogP contribution in [0.4, 0.5) is 8.78 Å². The predicted octanol–water partition coefficient (Wildman–Crippen LogP) is 2.89. The molecule has 0 aliphatic heterocycles. The third kappa shape index (κ3) is 3.48. The summed E-state index contributed by atoms with van der Waals surface area (Å²) in [6, 6.07) is 8.28. The molecule has 0 unspecified atom stereocenters. The van der Waals surface area contributed by atoms with Crippen LogP contribution < -0.4 is 4.83 Å². The van der Waals surface area contributed by atoms with Crippen molar-refractivity contribution in [2.45, 2.75) is 18.7 Å². The molecule has 0 saturated carbocycles. The van der Waals surface area contributed by atoms with Crippen LogP contribution in [0.3, 0.4) is 0 Å². The van der Waals surface area contributed by atoms with E-state index in [2.05, 4.69) is 5.10 Å². The van der Waals surface area contributed by atoms with Crippen molar-refractivity contribution in [1.82, 2.24) is 4.83 Å². The highest BCUT2D eigenvalue weighted by Gasteiger charge is 2.16. The first-order chi connectivity index (χ1) is 10.3. The number of aryl methyl sites for hydroxylation is 2. The summed E-state index contributed by atoms with van der Waals surface area (Å²) in [6.07, 6.45) is 0.799. The lowest BCUT2D eigenvalue weighted by molar-refractivity contribution is 0.577. The molecule has 7 heteroatoms. The second-order valence-corrected chi connectivity index (χ2v) is 6.39. The van der Waals surface area contributed by atoms with E-state index >= 15 is 0 Å². The van der Waals surface area contributed by atoms with Gasteiger partial charge in [0, 0.05) is 0 Å². The Kier molecular flexibility index (Phi) is 4.56. The number of nitrogens with one attached hydrogen (secondary N) is 1. The molecule has 0 atom stereocenters. The van der Waals surface area contributed by atoms with Crippen LogP contribution in [0.15, 0.2) is 46.4 Å².